The maximum Gasteiger partial charge on any atom is 0.379 e. The number of hydrogen-bond acceptors (Lipinski definition) is 4. The SMILES string of the molecule is CNc1ccc(OC(=O)C(C)=O)cc1. The molecule has 0 bridgehead atoms. The summed E-state index contributed by atoms with van der Waals surface area (Å²) in [5, 5.41) is 2.92. The fraction of sp³-hybridized carbons (Fsp3) is 0.200. The minimum Gasteiger partial charge on any atom is -0.421 e. The van der Waals surface area contributed by atoms with E-state index in [0.29, 0.717) is 5.75 Å². The highest BCUT2D eigenvalue weighted by molar-refractivity contribution is 6.33. The summed E-state index contributed by atoms with van der Waals surface area (Å²) in [5.74, 6) is -1.09. The van der Waals surface area contributed by atoms with Gasteiger partial charge in [0.05, 0.1) is 0 Å². The first-order valence-corrected chi connectivity index (χ1v) is 4.14. The van der Waals surface area contributed by atoms with Crippen LogP contribution in [0.15, 0.2) is 24.3 Å². The first-order chi connectivity index (χ1) is 6.63. The van der Waals surface area contributed by atoms with Crippen LogP contribution in [-0.2, 0) is 9.59 Å². The summed E-state index contributed by atoms with van der Waals surface area (Å²) in [5.41, 5.74) is 0.910. The minimum atomic E-state index is -0.845. The second kappa shape index (κ2) is 4.41. The molecule has 74 valence electrons. The molecule has 1 rings (SSSR count). The Bertz CT molecular complexity index is 343. The van der Waals surface area contributed by atoms with Crippen molar-refractivity contribution in [2.75, 3.05) is 12.4 Å². The maximum absolute atomic E-state index is 10.9. The Balaban J connectivity index is 2.69. The zero-order valence-corrected chi connectivity index (χ0v) is 8.03. The van der Waals surface area contributed by atoms with E-state index in [1.807, 2.05) is 0 Å². The lowest BCUT2D eigenvalue weighted by molar-refractivity contribution is -0.146. The molecule has 0 spiro atoms. The maximum atomic E-state index is 10.9. The van der Waals surface area contributed by atoms with Crippen LogP contribution in [0.2, 0.25) is 0 Å². The van der Waals surface area contributed by atoms with Gasteiger partial charge in [0.25, 0.3) is 0 Å². The van der Waals surface area contributed by atoms with E-state index in [2.05, 4.69) is 5.32 Å². The first kappa shape index (κ1) is 10.2. The third-order valence-electron chi connectivity index (χ3n) is 1.64. The minimum absolute atomic E-state index is 0.365. The van der Waals surface area contributed by atoms with Crippen LogP contribution < -0.4 is 10.1 Å². The highest BCUT2D eigenvalue weighted by Gasteiger charge is 2.09. The molecule has 1 aromatic carbocycles. The molecule has 4 nitrogen and oxygen atoms in total. The summed E-state index contributed by atoms with van der Waals surface area (Å²) in [6.45, 7) is 1.17. The number of rotatable bonds is 3. The van der Waals surface area contributed by atoms with Crippen molar-refractivity contribution in [1.82, 2.24) is 0 Å². The molecule has 0 saturated heterocycles. The molecule has 0 aromatic heterocycles. The van der Waals surface area contributed by atoms with Crippen molar-refractivity contribution in [3.8, 4) is 5.75 Å². The zero-order chi connectivity index (χ0) is 10.6. The first-order valence-electron chi connectivity index (χ1n) is 4.14. The summed E-state index contributed by atoms with van der Waals surface area (Å²) in [4.78, 5) is 21.5. The topological polar surface area (TPSA) is 55.4 Å². The van der Waals surface area contributed by atoms with Crippen molar-refractivity contribution in [2.24, 2.45) is 0 Å². The van der Waals surface area contributed by atoms with Crippen molar-refractivity contribution in [3.63, 3.8) is 0 Å². The lowest BCUT2D eigenvalue weighted by atomic mass is 10.3. The number of carbonyl (C=O) groups excluding carboxylic acids is 2. The summed E-state index contributed by atoms with van der Waals surface area (Å²) in [6, 6.07) is 6.74. The fourth-order valence-electron chi connectivity index (χ4n) is 0.869. The van der Waals surface area contributed by atoms with Crippen LogP contribution in [0.3, 0.4) is 0 Å². The van der Waals surface area contributed by atoms with E-state index in [9.17, 15) is 9.59 Å². The average molecular weight is 193 g/mol. The van der Waals surface area contributed by atoms with Crippen LogP contribution in [0.1, 0.15) is 6.92 Å². The summed E-state index contributed by atoms with van der Waals surface area (Å²) in [6.07, 6.45) is 0. The number of carbonyl (C=O) groups is 2. The van der Waals surface area contributed by atoms with Crippen molar-refractivity contribution in [3.05, 3.63) is 24.3 Å². The lowest BCUT2D eigenvalue weighted by Gasteiger charge is -2.03. The quantitative estimate of drug-likeness (QED) is 0.445. The van der Waals surface area contributed by atoms with Crippen LogP contribution in [0, 0.1) is 0 Å². The van der Waals surface area contributed by atoms with E-state index in [1.165, 1.54) is 6.92 Å². The van der Waals surface area contributed by atoms with Crippen LogP contribution in [0.4, 0.5) is 5.69 Å². The molecule has 0 radical (unpaired) electrons. The van der Waals surface area contributed by atoms with Gasteiger partial charge in [-0.05, 0) is 24.3 Å². The molecule has 0 fully saturated rings. The molecular weight excluding hydrogens is 182 g/mol. The molecule has 14 heavy (non-hydrogen) atoms. The molecule has 1 aromatic rings. The Hall–Kier alpha value is -1.84. The molecule has 0 atom stereocenters. The van der Waals surface area contributed by atoms with Gasteiger partial charge in [-0.2, -0.15) is 0 Å². The van der Waals surface area contributed by atoms with Crippen molar-refractivity contribution in [1.29, 1.82) is 0 Å². The number of Topliss-reactive ketones (excluding diaryl/α,β-unsaturated/α-hetero) is 1. The monoisotopic (exact) mass is 193 g/mol. The van der Waals surface area contributed by atoms with Gasteiger partial charge in [-0.15, -0.1) is 0 Å². The summed E-state index contributed by atoms with van der Waals surface area (Å²) < 4.78 is 4.76. The summed E-state index contributed by atoms with van der Waals surface area (Å²) >= 11 is 0. The molecule has 4 heteroatoms. The number of ketones is 1. The summed E-state index contributed by atoms with van der Waals surface area (Å²) in [7, 11) is 1.79. The van der Waals surface area contributed by atoms with Crippen molar-refractivity contribution in [2.45, 2.75) is 6.92 Å². The third-order valence-corrected chi connectivity index (χ3v) is 1.64. The Labute approximate surface area is 81.9 Å². The van der Waals surface area contributed by atoms with Gasteiger partial charge >= 0.3 is 5.97 Å². The Morgan fingerprint density at radius 3 is 2.21 bits per heavy atom. The van der Waals surface area contributed by atoms with Crippen LogP contribution >= 0.6 is 0 Å². The van der Waals surface area contributed by atoms with Crippen LogP contribution in [0.5, 0.6) is 5.75 Å². The largest absolute Gasteiger partial charge is 0.421 e. The Morgan fingerprint density at radius 1 is 1.21 bits per heavy atom. The van der Waals surface area contributed by atoms with Gasteiger partial charge < -0.3 is 10.1 Å². The van der Waals surface area contributed by atoms with Gasteiger partial charge in [-0.1, -0.05) is 0 Å². The van der Waals surface area contributed by atoms with E-state index in [-0.39, 0.29) is 0 Å². The Morgan fingerprint density at radius 2 is 1.79 bits per heavy atom. The number of hydrogen-bond donors (Lipinski definition) is 1. The molecule has 1 N–H and O–H groups in total. The molecule has 0 aliphatic carbocycles. The lowest BCUT2D eigenvalue weighted by Crippen LogP contribution is -2.16. The number of benzene rings is 1. The molecule has 0 saturated carbocycles. The number of esters is 1. The third kappa shape index (κ3) is 2.58. The highest BCUT2D eigenvalue weighted by Crippen LogP contribution is 2.15. The van der Waals surface area contributed by atoms with E-state index < -0.39 is 11.8 Å². The van der Waals surface area contributed by atoms with Gasteiger partial charge in [0.1, 0.15) is 5.75 Å². The standard InChI is InChI=1S/C10H11NO3/c1-7(12)10(13)14-9-5-3-8(11-2)4-6-9/h3-6,11H,1-2H3. The zero-order valence-electron chi connectivity index (χ0n) is 8.03. The Kier molecular flexibility index (Phi) is 3.23. The van der Waals surface area contributed by atoms with Crippen LogP contribution in [0.25, 0.3) is 0 Å². The molecule has 0 amide bonds. The second-order valence-electron chi connectivity index (χ2n) is 2.72. The van der Waals surface area contributed by atoms with Gasteiger partial charge in [-0.25, -0.2) is 4.79 Å². The average Bonchev–Trinajstić information content (AvgIpc) is 2.19. The highest BCUT2D eigenvalue weighted by atomic mass is 16.5. The smallest absolute Gasteiger partial charge is 0.379 e. The van der Waals surface area contributed by atoms with Gasteiger partial charge in [0, 0.05) is 19.7 Å². The molecule has 0 aliphatic heterocycles. The van der Waals surface area contributed by atoms with E-state index >= 15 is 0 Å². The van der Waals surface area contributed by atoms with Crippen molar-refractivity contribution >= 4 is 17.4 Å². The van der Waals surface area contributed by atoms with Gasteiger partial charge in [-0.3, -0.25) is 4.79 Å². The molecule has 0 unspecified atom stereocenters. The number of nitrogens with one attached hydrogen (secondary N) is 1. The van der Waals surface area contributed by atoms with E-state index in [4.69, 9.17) is 4.74 Å². The predicted octanol–water partition coefficient (Wildman–Crippen LogP) is 1.22. The number of ether oxygens (including phenoxy) is 1. The molecular formula is C10H11NO3. The van der Waals surface area contributed by atoms with Gasteiger partial charge in [0.2, 0.25) is 5.78 Å². The van der Waals surface area contributed by atoms with Crippen LogP contribution in [-0.4, -0.2) is 18.8 Å². The second-order valence-corrected chi connectivity index (χ2v) is 2.72. The van der Waals surface area contributed by atoms with E-state index in [0.717, 1.165) is 5.69 Å². The molecule has 0 aliphatic rings. The van der Waals surface area contributed by atoms with Gasteiger partial charge in [0.15, 0.2) is 0 Å². The van der Waals surface area contributed by atoms with Crippen molar-refractivity contribution < 1.29 is 14.3 Å². The van der Waals surface area contributed by atoms with E-state index in [1.54, 1.807) is 31.3 Å². The normalized spacial score (nSPS) is 9.29. The fourth-order valence-corrected chi connectivity index (χ4v) is 0.869. The molecule has 0 heterocycles. The number of anilines is 1. The predicted molar refractivity (Wildman–Crippen MR) is 52.3 cm³/mol.